The Hall–Kier alpha value is -0.750. The lowest BCUT2D eigenvalue weighted by Crippen LogP contribution is -2.03. The lowest BCUT2D eigenvalue weighted by Gasteiger charge is -2.07. The Morgan fingerprint density at radius 2 is 2.24 bits per heavy atom. The Morgan fingerprint density at radius 1 is 1.47 bits per heavy atom. The lowest BCUT2D eigenvalue weighted by molar-refractivity contribution is 0.295. The molecule has 90 valence electrons. The Morgan fingerprint density at radius 3 is 2.82 bits per heavy atom. The van der Waals surface area contributed by atoms with Crippen molar-refractivity contribution in [3.8, 4) is 5.75 Å². The molecule has 1 aromatic heterocycles. The quantitative estimate of drug-likeness (QED) is 0.781. The summed E-state index contributed by atoms with van der Waals surface area (Å²) in [6.07, 6.45) is 0. The minimum atomic E-state index is 0.427. The summed E-state index contributed by atoms with van der Waals surface area (Å²) in [7, 11) is 1.87. The first kappa shape index (κ1) is 12.7. The summed E-state index contributed by atoms with van der Waals surface area (Å²) in [4.78, 5) is 0. The Kier molecular flexibility index (Phi) is 3.93. The lowest BCUT2D eigenvalue weighted by atomic mass is 10.3. The van der Waals surface area contributed by atoms with E-state index in [1.807, 2.05) is 38.2 Å². The fourth-order valence-electron chi connectivity index (χ4n) is 1.55. The van der Waals surface area contributed by atoms with E-state index in [0.717, 1.165) is 20.7 Å². The van der Waals surface area contributed by atoms with Gasteiger partial charge in [0.1, 0.15) is 12.4 Å². The number of hydrogen-bond donors (Lipinski definition) is 0. The summed E-state index contributed by atoms with van der Waals surface area (Å²) < 4.78 is 8.60. The third kappa shape index (κ3) is 2.93. The fourth-order valence-corrected chi connectivity index (χ4v) is 2.27. The van der Waals surface area contributed by atoms with E-state index in [0.29, 0.717) is 11.6 Å². The van der Waals surface area contributed by atoms with Gasteiger partial charge in [0.2, 0.25) is 0 Å². The van der Waals surface area contributed by atoms with Crippen molar-refractivity contribution in [1.82, 2.24) is 9.78 Å². The second-order valence-corrected chi connectivity index (χ2v) is 5.34. The number of ether oxygens (including phenoxy) is 1. The largest absolute Gasteiger partial charge is 0.487 e. The number of hydrogen-bond acceptors (Lipinski definition) is 2. The van der Waals surface area contributed by atoms with Crippen molar-refractivity contribution in [1.29, 1.82) is 0 Å². The van der Waals surface area contributed by atoms with Gasteiger partial charge in [-0.2, -0.15) is 5.10 Å². The van der Waals surface area contributed by atoms with Gasteiger partial charge in [-0.3, -0.25) is 4.68 Å². The van der Waals surface area contributed by atoms with Crippen LogP contribution in [0.5, 0.6) is 5.75 Å². The van der Waals surface area contributed by atoms with Crippen LogP contribution in [0.3, 0.4) is 0 Å². The second-order valence-electron chi connectivity index (χ2n) is 3.72. The van der Waals surface area contributed by atoms with E-state index in [9.17, 15) is 0 Å². The average Bonchev–Trinajstić information content (AvgIpc) is 2.51. The molecule has 1 heterocycles. The summed E-state index contributed by atoms with van der Waals surface area (Å²) in [5, 5.41) is 4.92. The van der Waals surface area contributed by atoms with Gasteiger partial charge >= 0.3 is 0 Å². The smallest absolute Gasteiger partial charge is 0.131 e. The van der Waals surface area contributed by atoms with Crippen LogP contribution in [-0.2, 0) is 13.7 Å². The molecule has 0 spiro atoms. The predicted molar refractivity (Wildman–Crippen MR) is 76.4 cm³/mol. The van der Waals surface area contributed by atoms with Crippen molar-refractivity contribution < 1.29 is 4.74 Å². The molecule has 0 N–H and O–H groups in total. The maximum Gasteiger partial charge on any atom is 0.131 e. The van der Waals surface area contributed by atoms with Crippen LogP contribution in [0.1, 0.15) is 11.4 Å². The van der Waals surface area contributed by atoms with Crippen LogP contribution in [0.2, 0.25) is 5.02 Å². The Bertz CT molecular complexity index is 539. The summed E-state index contributed by atoms with van der Waals surface area (Å²) in [6.45, 7) is 2.31. The highest BCUT2D eigenvalue weighted by atomic mass is 127. The minimum absolute atomic E-state index is 0.427. The van der Waals surface area contributed by atoms with E-state index in [-0.39, 0.29) is 0 Å². The highest BCUT2D eigenvalue weighted by Crippen LogP contribution is 2.22. The summed E-state index contributed by atoms with van der Waals surface area (Å²) in [5.41, 5.74) is 1.72. The molecule has 3 nitrogen and oxygen atoms in total. The molecule has 0 saturated carbocycles. The number of benzene rings is 1. The molecule has 0 bridgehead atoms. The first-order valence-corrected chi connectivity index (χ1v) is 6.60. The summed E-state index contributed by atoms with van der Waals surface area (Å²) >= 11 is 8.40. The van der Waals surface area contributed by atoms with Crippen molar-refractivity contribution in [2.75, 3.05) is 0 Å². The van der Waals surface area contributed by atoms with Crippen LogP contribution < -0.4 is 4.74 Å². The molecule has 17 heavy (non-hydrogen) atoms. The molecule has 0 unspecified atom stereocenters. The van der Waals surface area contributed by atoms with Crippen LogP contribution in [0.4, 0.5) is 0 Å². The molecule has 0 fully saturated rings. The highest BCUT2D eigenvalue weighted by molar-refractivity contribution is 14.1. The average molecular weight is 363 g/mol. The van der Waals surface area contributed by atoms with Gasteiger partial charge in [0.25, 0.3) is 0 Å². The molecular formula is C12H12ClIN2O. The maximum absolute atomic E-state index is 6.15. The van der Waals surface area contributed by atoms with Gasteiger partial charge in [0.15, 0.2) is 0 Å². The number of aryl methyl sites for hydroxylation is 2. The highest BCUT2D eigenvalue weighted by Gasteiger charge is 2.11. The molecule has 0 aliphatic heterocycles. The number of rotatable bonds is 3. The first-order chi connectivity index (χ1) is 8.08. The second kappa shape index (κ2) is 5.27. The zero-order chi connectivity index (χ0) is 12.4. The maximum atomic E-state index is 6.15. The molecule has 0 amide bonds. The van der Waals surface area contributed by atoms with Gasteiger partial charge in [-0.25, -0.2) is 0 Å². The van der Waals surface area contributed by atoms with E-state index in [1.165, 1.54) is 0 Å². The molecule has 0 saturated heterocycles. The number of nitrogens with zero attached hydrogens (tertiary/aromatic N) is 2. The van der Waals surface area contributed by atoms with Crippen LogP contribution in [0, 0.1) is 10.5 Å². The SMILES string of the molecule is Cc1nn(C)c(COc2cccc(I)c2)c1Cl. The molecule has 0 aliphatic rings. The monoisotopic (exact) mass is 362 g/mol. The van der Waals surface area contributed by atoms with E-state index >= 15 is 0 Å². The molecule has 0 radical (unpaired) electrons. The van der Waals surface area contributed by atoms with E-state index in [2.05, 4.69) is 27.7 Å². The van der Waals surface area contributed by atoms with Crippen molar-refractivity contribution in [2.24, 2.45) is 7.05 Å². The van der Waals surface area contributed by atoms with Crippen molar-refractivity contribution in [3.63, 3.8) is 0 Å². The van der Waals surface area contributed by atoms with Gasteiger partial charge in [-0.15, -0.1) is 0 Å². The molecule has 0 aliphatic carbocycles. The van der Waals surface area contributed by atoms with Crippen molar-refractivity contribution in [3.05, 3.63) is 44.2 Å². The zero-order valence-electron chi connectivity index (χ0n) is 9.58. The molecule has 2 aromatic rings. The molecule has 2 rings (SSSR count). The third-order valence-corrected chi connectivity index (χ3v) is 3.60. The van der Waals surface area contributed by atoms with E-state index in [1.54, 1.807) is 4.68 Å². The summed E-state index contributed by atoms with van der Waals surface area (Å²) in [6, 6.07) is 7.90. The fraction of sp³-hybridized carbons (Fsp3) is 0.250. The van der Waals surface area contributed by atoms with Gasteiger partial charge in [0, 0.05) is 10.6 Å². The van der Waals surface area contributed by atoms with Crippen molar-refractivity contribution >= 4 is 34.2 Å². The number of aromatic nitrogens is 2. The molecule has 5 heteroatoms. The van der Waals surface area contributed by atoms with Gasteiger partial charge in [-0.05, 0) is 47.7 Å². The van der Waals surface area contributed by atoms with Crippen LogP contribution in [0.25, 0.3) is 0 Å². The van der Waals surface area contributed by atoms with E-state index < -0.39 is 0 Å². The number of halogens is 2. The van der Waals surface area contributed by atoms with E-state index in [4.69, 9.17) is 16.3 Å². The minimum Gasteiger partial charge on any atom is -0.487 e. The predicted octanol–water partition coefficient (Wildman–Crippen LogP) is 3.57. The molecular weight excluding hydrogens is 351 g/mol. The van der Waals surface area contributed by atoms with Crippen LogP contribution in [-0.4, -0.2) is 9.78 Å². The Labute approximate surface area is 119 Å². The van der Waals surface area contributed by atoms with Crippen LogP contribution in [0.15, 0.2) is 24.3 Å². The molecule has 0 atom stereocenters. The Balaban J connectivity index is 2.12. The summed E-state index contributed by atoms with van der Waals surface area (Å²) in [5.74, 6) is 0.840. The third-order valence-electron chi connectivity index (χ3n) is 2.43. The molecule has 1 aromatic carbocycles. The first-order valence-electron chi connectivity index (χ1n) is 5.14. The van der Waals surface area contributed by atoms with Gasteiger partial charge in [-0.1, -0.05) is 17.7 Å². The van der Waals surface area contributed by atoms with Crippen LogP contribution >= 0.6 is 34.2 Å². The standard InChI is InChI=1S/C12H12ClIN2O/c1-8-12(13)11(16(2)15-8)7-17-10-5-3-4-9(14)6-10/h3-6H,7H2,1-2H3. The zero-order valence-corrected chi connectivity index (χ0v) is 12.5. The van der Waals surface area contributed by atoms with Gasteiger partial charge in [0.05, 0.1) is 16.4 Å². The van der Waals surface area contributed by atoms with Gasteiger partial charge < -0.3 is 4.74 Å². The van der Waals surface area contributed by atoms with Crippen molar-refractivity contribution in [2.45, 2.75) is 13.5 Å². The topological polar surface area (TPSA) is 27.1 Å². The normalized spacial score (nSPS) is 10.6.